The number of nitrogens with one attached hydrogen (secondary N) is 3. The van der Waals surface area contributed by atoms with Crippen LogP contribution in [0.15, 0.2) is 49.2 Å². The van der Waals surface area contributed by atoms with Gasteiger partial charge in [-0.05, 0) is 32.0 Å². The molecule has 4 aromatic rings. The summed E-state index contributed by atoms with van der Waals surface area (Å²) in [6.07, 6.45) is 9.12. The summed E-state index contributed by atoms with van der Waals surface area (Å²) in [6, 6.07) is 7.42. The first-order chi connectivity index (χ1) is 18.0. The highest BCUT2D eigenvalue weighted by molar-refractivity contribution is 6.02. The molecule has 1 saturated carbocycles. The van der Waals surface area contributed by atoms with Crippen LogP contribution in [0.25, 0.3) is 11.4 Å². The van der Waals surface area contributed by atoms with E-state index in [1.165, 1.54) is 0 Å². The number of para-hydroxylation sites is 1. The van der Waals surface area contributed by atoms with Crippen LogP contribution in [0.2, 0.25) is 0 Å². The first-order valence-corrected chi connectivity index (χ1v) is 12.1. The average Bonchev–Trinajstić information content (AvgIpc) is 3.61. The predicted octanol–water partition coefficient (Wildman–Crippen LogP) is 3.96. The van der Waals surface area contributed by atoms with E-state index < -0.39 is 0 Å². The van der Waals surface area contributed by atoms with E-state index in [2.05, 4.69) is 41.0 Å². The number of aromatic nitrogens is 6. The van der Waals surface area contributed by atoms with Gasteiger partial charge in [0.05, 0.1) is 53.2 Å². The molecule has 1 fully saturated rings. The summed E-state index contributed by atoms with van der Waals surface area (Å²) in [5, 5.41) is 14.3. The third kappa shape index (κ3) is 4.85. The van der Waals surface area contributed by atoms with E-state index in [1.54, 1.807) is 42.8 Å². The van der Waals surface area contributed by atoms with E-state index in [4.69, 9.17) is 4.74 Å². The molecule has 0 radical (unpaired) electrons. The number of hydrogen-bond acceptors (Lipinski definition) is 10. The molecule has 0 aliphatic heterocycles. The monoisotopic (exact) mass is 499 g/mol. The second-order valence-electron chi connectivity index (χ2n) is 8.89. The molecule has 11 heteroatoms. The Labute approximate surface area is 214 Å². The number of hydrogen-bond donors (Lipinski definition) is 3. The Morgan fingerprint density at radius 2 is 1.86 bits per heavy atom. The van der Waals surface area contributed by atoms with Crippen molar-refractivity contribution >= 4 is 28.8 Å². The van der Waals surface area contributed by atoms with Crippen molar-refractivity contribution < 1.29 is 9.53 Å². The second kappa shape index (κ2) is 9.94. The number of anilines is 4. The summed E-state index contributed by atoms with van der Waals surface area (Å²) in [5.41, 5.74) is 3.33. The topological polar surface area (TPSA) is 132 Å². The normalized spacial score (nSPS) is 13.7. The molecule has 3 N–H and O–H groups in total. The minimum absolute atomic E-state index is 0.0333. The Hall–Kier alpha value is -4.38. The lowest BCUT2D eigenvalue weighted by atomic mass is 10.1. The maximum atomic E-state index is 12.7. The van der Waals surface area contributed by atoms with Crippen molar-refractivity contribution in [3.05, 3.63) is 60.4 Å². The molecule has 0 atom stereocenters. The molecule has 3 aromatic heterocycles. The van der Waals surface area contributed by atoms with Crippen molar-refractivity contribution in [2.24, 2.45) is 7.05 Å². The van der Waals surface area contributed by atoms with Gasteiger partial charge in [-0.3, -0.25) is 14.5 Å². The van der Waals surface area contributed by atoms with Gasteiger partial charge in [-0.2, -0.15) is 5.10 Å². The lowest BCUT2D eigenvalue weighted by Gasteiger charge is -2.17. The lowest BCUT2D eigenvalue weighted by Crippen LogP contribution is -2.25. The van der Waals surface area contributed by atoms with E-state index in [9.17, 15) is 4.79 Å². The Morgan fingerprint density at radius 3 is 2.49 bits per heavy atom. The van der Waals surface area contributed by atoms with Crippen LogP contribution >= 0.6 is 0 Å². The largest absolute Gasteiger partial charge is 0.494 e. The average molecular weight is 500 g/mol. The molecule has 5 rings (SSSR count). The van der Waals surface area contributed by atoms with Crippen molar-refractivity contribution in [1.82, 2.24) is 35.0 Å². The van der Waals surface area contributed by atoms with Crippen molar-refractivity contribution in [2.75, 3.05) is 24.8 Å². The summed E-state index contributed by atoms with van der Waals surface area (Å²) in [7, 11) is 5.34. The van der Waals surface area contributed by atoms with Crippen LogP contribution in [0.3, 0.4) is 0 Å². The van der Waals surface area contributed by atoms with E-state index in [0.29, 0.717) is 46.6 Å². The van der Waals surface area contributed by atoms with E-state index in [-0.39, 0.29) is 11.3 Å². The first-order valence-electron chi connectivity index (χ1n) is 12.1. The fourth-order valence-corrected chi connectivity index (χ4v) is 4.21. The highest BCUT2D eigenvalue weighted by Crippen LogP contribution is 2.44. The van der Waals surface area contributed by atoms with Gasteiger partial charge in [0.1, 0.15) is 18.0 Å². The van der Waals surface area contributed by atoms with Gasteiger partial charge in [-0.15, -0.1) is 0 Å². The van der Waals surface area contributed by atoms with Gasteiger partial charge in [0, 0.05) is 25.7 Å². The lowest BCUT2D eigenvalue weighted by molar-refractivity contribution is 0.0988. The Morgan fingerprint density at radius 1 is 1.05 bits per heavy atom. The van der Waals surface area contributed by atoms with Crippen LogP contribution in [0.5, 0.6) is 5.75 Å². The number of ketones is 1. The standard InChI is InChI=1S/C26H29N9O2/c1-5-20(36)17-12-29-22(33-23-14-28-21(13-30-23)26(27-2)9-10-26)11-19(17)32-18-8-6-7-16(24(18)37-4)25-31-15-35(3)34-25/h6-8,11-15,27H,5,9-10H2,1-4H3,(H2,29,30,32,33). The second-order valence-corrected chi connectivity index (χ2v) is 8.89. The molecule has 1 aliphatic carbocycles. The van der Waals surface area contributed by atoms with Crippen LogP contribution in [0, 0.1) is 0 Å². The molecular weight excluding hydrogens is 470 g/mol. The summed E-state index contributed by atoms with van der Waals surface area (Å²) in [4.78, 5) is 30.6. The van der Waals surface area contributed by atoms with Crippen LogP contribution < -0.4 is 20.7 Å². The molecule has 0 spiro atoms. The third-order valence-corrected chi connectivity index (χ3v) is 6.48. The minimum atomic E-state index is -0.0542. The Kier molecular flexibility index (Phi) is 6.53. The highest BCUT2D eigenvalue weighted by atomic mass is 16.5. The molecule has 0 saturated heterocycles. The summed E-state index contributed by atoms with van der Waals surface area (Å²) >= 11 is 0. The number of benzene rings is 1. The van der Waals surface area contributed by atoms with E-state index >= 15 is 0 Å². The number of carbonyl (C=O) groups is 1. The van der Waals surface area contributed by atoms with Gasteiger partial charge in [0.2, 0.25) is 0 Å². The number of methoxy groups -OCH3 is 1. The van der Waals surface area contributed by atoms with Crippen molar-refractivity contribution in [3.8, 4) is 17.1 Å². The number of aryl methyl sites for hydroxylation is 1. The maximum Gasteiger partial charge on any atom is 0.184 e. The summed E-state index contributed by atoms with van der Waals surface area (Å²) in [6.45, 7) is 1.82. The number of carbonyl (C=O) groups excluding carboxylic acids is 1. The first kappa shape index (κ1) is 24.3. The fraction of sp³-hybridized carbons (Fsp3) is 0.308. The predicted molar refractivity (Wildman–Crippen MR) is 140 cm³/mol. The van der Waals surface area contributed by atoms with Gasteiger partial charge in [-0.25, -0.2) is 15.0 Å². The molecular formula is C26H29N9O2. The molecule has 1 aliphatic rings. The Bertz CT molecular complexity index is 1430. The zero-order chi connectivity index (χ0) is 26.0. The summed E-state index contributed by atoms with van der Waals surface area (Å²) in [5.74, 6) is 2.15. The quantitative estimate of drug-likeness (QED) is 0.275. The molecule has 1 aromatic carbocycles. The van der Waals surface area contributed by atoms with Crippen molar-refractivity contribution in [3.63, 3.8) is 0 Å². The van der Waals surface area contributed by atoms with Crippen LogP contribution in [-0.4, -0.2) is 49.7 Å². The Balaban J connectivity index is 1.46. The van der Waals surface area contributed by atoms with E-state index in [1.807, 2.05) is 39.2 Å². The number of pyridine rings is 1. The fourth-order valence-electron chi connectivity index (χ4n) is 4.21. The molecule has 0 unspecified atom stereocenters. The number of rotatable bonds is 10. The van der Waals surface area contributed by atoms with Gasteiger partial charge < -0.3 is 20.7 Å². The van der Waals surface area contributed by atoms with Crippen molar-refractivity contribution in [2.45, 2.75) is 31.7 Å². The van der Waals surface area contributed by atoms with Crippen LogP contribution in [-0.2, 0) is 12.6 Å². The van der Waals surface area contributed by atoms with Crippen molar-refractivity contribution in [1.29, 1.82) is 0 Å². The van der Waals surface area contributed by atoms with Gasteiger partial charge in [0.25, 0.3) is 0 Å². The maximum absolute atomic E-state index is 12.7. The third-order valence-electron chi connectivity index (χ3n) is 6.48. The van der Waals surface area contributed by atoms with E-state index in [0.717, 1.165) is 24.1 Å². The van der Waals surface area contributed by atoms with Gasteiger partial charge in [0.15, 0.2) is 17.4 Å². The zero-order valence-electron chi connectivity index (χ0n) is 21.2. The number of nitrogens with zero attached hydrogens (tertiary/aromatic N) is 6. The molecule has 37 heavy (non-hydrogen) atoms. The van der Waals surface area contributed by atoms with Gasteiger partial charge >= 0.3 is 0 Å². The number of ether oxygens (including phenoxy) is 1. The number of Topliss-reactive ketones (excluding diaryl/α,β-unsaturated/α-hetero) is 1. The molecule has 11 nitrogen and oxygen atoms in total. The highest BCUT2D eigenvalue weighted by Gasteiger charge is 2.44. The summed E-state index contributed by atoms with van der Waals surface area (Å²) < 4.78 is 7.36. The molecule has 3 heterocycles. The molecule has 190 valence electrons. The van der Waals surface area contributed by atoms with Crippen LogP contribution in [0.1, 0.15) is 42.2 Å². The zero-order valence-corrected chi connectivity index (χ0v) is 21.2. The smallest absolute Gasteiger partial charge is 0.184 e. The SMILES string of the molecule is CCC(=O)c1cnc(Nc2cnc(C3(NC)CC3)cn2)cc1Nc1cccc(-c2ncn(C)n2)c1OC. The van der Waals surface area contributed by atoms with Gasteiger partial charge in [-0.1, -0.05) is 13.0 Å². The van der Waals surface area contributed by atoms with Crippen LogP contribution in [0.4, 0.5) is 23.0 Å². The minimum Gasteiger partial charge on any atom is -0.494 e. The molecule has 0 bridgehead atoms. The molecule has 0 amide bonds.